The molecule has 18 heavy (non-hydrogen) atoms. The second-order valence-electron chi connectivity index (χ2n) is 5.35. The Morgan fingerprint density at radius 2 is 2.11 bits per heavy atom. The molecule has 1 saturated heterocycles. The maximum absolute atomic E-state index is 11.8. The van der Waals surface area contributed by atoms with Crippen molar-refractivity contribution in [2.75, 3.05) is 46.8 Å². The van der Waals surface area contributed by atoms with Crippen LogP contribution in [0.25, 0.3) is 0 Å². The van der Waals surface area contributed by atoms with E-state index in [9.17, 15) is 4.79 Å². The molecule has 5 nitrogen and oxygen atoms in total. The fourth-order valence-electron chi connectivity index (χ4n) is 2.57. The smallest absolute Gasteiger partial charge is 0.223 e. The van der Waals surface area contributed by atoms with Crippen LogP contribution in [-0.4, -0.2) is 79.5 Å². The van der Waals surface area contributed by atoms with E-state index in [-0.39, 0.29) is 11.9 Å². The highest BCUT2D eigenvalue weighted by molar-refractivity contribution is 5.76. The van der Waals surface area contributed by atoms with E-state index in [2.05, 4.69) is 23.6 Å². The van der Waals surface area contributed by atoms with E-state index in [1.165, 1.54) is 0 Å². The van der Waals surface area contributed by atoms with E-state index in [1.807, 2.05) is 0 Å². The summed E-state index contributed by atoms with van der Waals surface area (Å²) in [5.41, 5.74) is 5.84. The van der Waals surface area contributed by atoms with Gasteiger partial charge < -0.3 is 10.6 Å². The number of carbonyl (C=O) groups is 1. The second kappa shape index (κ2) is 7.07. The molecule has 1 fully saturated rings. The van der Waals surface area contributed by atoms with Gasteiger partial charge in [-0.05, 0) is 13.5 Å². The fourth-order valence-corrected chi connectivity index (χ4v) is 2.57. The molecule has 1 aliphatic rings. The predicted molar refractivity (Wildman–Crippen MR) is 74.4 cm³/mol. The van der Waals surface area contributed by atoms with Crippen LogP contribution in [0.15, 0.2) is 0 Å². The van der Waals surface area contributed by atoms with Crippen molar-refractivity contribution in [3.8, 4) is 0 Å². The zero-order valence-corrected chi connectivity index (χ0v) is 12.2. The highest BCUT2D eigenvalue weighted by atomic mass is 16.2. The molecule has 1 amide bonds. The zero-order valence-electron chi connectivity index (χ0n) is 12.2. The Kier molecular flexibility index (Phi) is 6.05. The molecule has 0 saturated carbocycles. The maximum Gasteiger partial charge on any atom is 0.223 e. The Morgan fingerprint density at radius 3 is 2.56 bits per heavy atom. The van der Waals surface area contributed by atoms with Gasteiger partial charge >= 0.3 is 0 Å². The lowest BCUT2D eigenvalue weighted by molar-refractivity contribution is -0.130. The number of hydrogen-bond donors (Lipinski definition) is 1. The van der Waals surface area contributed by atoms with Crippen LogP contribution in [-0.2, 0) is 4.79 Å². The van der Waals surface area contributed by atoms with Crippen molar-refractivity contribution in [1.29, 1.82) is 0 Å². The Morgan fingerprint density at radius 1 is 1.44 bits per heavy atom. The summed E-state index contributed by atoms with van der Waals surface area (Å²) in [5.74, 6) is 0.163. The van der Waals surface area contributed by atoms with Crippen LogP contribution in [0, 0.1) is 0 Å². The molecule has 1 heterocycles. The van der Waals surface area contributed by atoms with Crippen molar-refractivity contribution in [2.24, 2.45) is 5.73 Å². The van der Waals surface area contributed by atoms with Gasteiger partial charge in [0, 0.05) is 58.8 Å². The van der Waals surface area contributed by atoms with Gasteiger partial charge in [0.15, 0.2) is 0 Å². The molecule has 1 aliphatic heterocycles. The van der Waals surface area contributed by atoms with Crippen molar-refractivity contribution in [3.63, 3.8) is 0 Å². The number of likely N-dealkylation sites (N-methyl/N-ethyl adjacent to an activating group) is 1. The number of hydrogen-bond acceptors (Lipinski definition) is 4. The minimum absolute atomic E-state index is 0.163. The monoisotopic (exact) mass is 256 g/mol. The molecule has 0 aliphatic carbocycles. The summed E-state index contributed by atoms with van der Waals surface area (Å²) >= 11 is 0. The average molecular weight is 256 g/mol. The third kappa shape index (κ3) is 3.93. The van der Waals surface area contributed by atoms with E-state index < -0.39 is 0 Å². The van der Waals surface area contributed by atoms with Gasteiger partial charge in [-0.2, -0.15) is 0 Å². The summed E-state index contributed by atoms with van der Waals surface area (Å²) in [6.45, 7) is 9.19. The minimum Gasteiger partial charge on any atom is -0.349 e. The Hall–Kier alpha value is -0.650. The number of piperazine rings is 1. The average Bonchev–Trinajstić information content (AvgIpc) is 2.35. The fraction of sp³-hybridized carbons (Fsp3) is 0.923. The largest absolute Gasteiger partial charge is 0.349 e. The van der Waals surface area contributed by atoms with Gasteiger partial charge in [0.1, 0.15) is 0 Å². The molecule has 0 bridgehead atoms. The van der Waals surface area contributed by atoms with Gasteiger partial charge in [-0.15, -0.1) is 0 Å². The highest BCUT2D eigenvalue weighted by Gasteiger charge is 2.28. The summed E-state index contributed by atoms with van der Waals surface area (Å²) in [6, 6.07) is 0.730. The Labute approximate surface area is 111 Å². The molecule has 2 unspecified atom stereocenters. The molecular formula is C13H28N4O. The summed E-state index contributed by atoms with van der Waals surface area (Å²) in [5, 5.41) is 0. The van der Waals surface area contributed by atoms with E-state index in [1.54, 1.807) is 19.0 Å². The van der Waals surface area contributed by atoms with Gasteiger partial charge in [-0.3, -0.25) is 14.6 Å². The van der Waals surface area contributed by atoms with Gasteiger partial charge in [-0.25, -0.2) is 0 Å². The van der Waals surface area contributed by atoms with Crippen LogP contribution in [0.2, 0.25) is 0 Å². The highest BCUT2D eigenvalue weighted by Crippen LogP contribution is 2.14. The van der Waals surface area contributed by atoms with E-state index in [0.717, 1.165) is 26.2 Å². The van der Waals surface area contributed by atoms with E-state index in [0.29, 0.717) is 19.0 Å². The van der Waals surface area contributed by atoms with Crippen molar-refractivity contribution in [1.82, 2.24) is 14.7 Å². The molecule has 0 aromatic rings. The van der Waals surface area contributed by atoms with Crippen LogP contribution >= 0.6 is 0 Å². The molecule has 1 rings (SSSR count). The van der Waals surface area contributed by atoms with Crippen LogP contribution < -0.4 is 5.73 Å². The zero-order chi connectivity index (χ0) is 13.7. The molecule has 5 heteroatoms. The van der Waals surface area contributed by atoms with Gasteiger partial charge in [-0.1, -0.05) is 6.92 Å². The van der Waals surface area contributed by atoms with Crippen LogP contribution in [0.1, 0.15) is 20.3 Å². The lowest BCUT2D eigenvalue weighted by Crippen LogP contribution is -2.56. The number of amides is 1. The van der Waals surface area contributed by atoms with Gasteiger partial charge in [0.25, 0.3) is 0 Å². The molecule has 2 atom stereocenters. The first-order valence-corrected chi connectivity index (χ1v) is 6.87. The van der Waals surface area contributed by atoms with Crippen molar-refractivity contribution >= 4 is 5.91 Å². The topological polar surface area (TPSA) is 52.8 Å². The summed E-state index contributed by atoms with van der Waals surface area (Å²) in [4.78, 5) is 18.3. The van der Waals surface area contributed by atoms with Crippen LogP contribution in [0.3, 0.4) is 0 Å². The first-order valence-electron chi connectivity index (χ1n) is 6.87. The number of rotatable bonds is 5. The second-order valence-corrected chi connectivity index (χ2v) is 5.35. The first kappa shape index (κ1) is 15.4. The summed E-state index contributed by atoms with van der Waals surface area (Å²) < 4.78 is 0. The quantitative estimate of drug-likeness (QED) is 0.741. The standard InChI is InChI=1S/C13H28N4O/c1-5-16-6-7-17(10-11(16)2)12(9-14)8-13(18)15(3)4/h11-12H,5-10,14H2,1-4H3. The number of nitrogens with zero attached hydrogens (tertiary/aromatic N) is 3. The molecule has 106 valence electrons. The third-order valence-electron chi connectivity index (χ3n) is 3.90. The molecule has 0 aromatic carbocycles. The molecular weight excluding hydrogens is 228 g/mol. The third-order valence-corrected chi connectivity index (χ3v) is 3.90. The van der Waals surface area contributed by atoms with Gasteiger partial charge in [0.2, 0.25) is 5.91 Å². The number of carbonyl (C=O) groups excluding carboxylic acids is 1. The van der Waals surface area contributed by atoms with Gasteiger partial charge in [0.05, 0.1) is 0 Å². The van der Waals surface area contributed by atoms with Crippen molar-refractivity contribution in [2.45, 2.75) is 32.4 Å². The lowest BCUT2D eigenvalue weighted by atomic mass is 10.1. The molecule has 0 radical (unpaired) electrons. The van der Waals surface area contributed by atoms with Crippen LogP contribution in [0.4, 0.5) is 0 Å². The molecule has 0 spiro atoms. The summed E-state index contributed by atoms with van der Waals surface area (Å²) in [6.07, 6.45) is 0.530. The van der Waals surface area contributed by atoms with Crippen molar-refractivity contribution in [3.05, 3.63) is 0 Å². The van der Waals surface area contributed by atoms with Crippen LogP contribution in [0.5, 0.6) is 0 Å². The Bertz CT molecular complexity index is 270. The van der Waals surface area contributed by atoms with E-state index >= 15 is 0 Å². The number of nitrogens with two attached hydrogens (primary N) is 1. The van der Waals surface area contributed by atoms with Crippen molar-refractivity contribution < 1.29 is 4.79 Å². The first-order chi connectivity index (χ1) is 8.49. The van der Waals surface area contributed by atoms with E-state index in [4.69, 9.17) is 5.73 Å². The Balaban J connectivity index is 2.54. The minimum atomic E-state index is 0.163. The normalized spacial score (nSPS) is 23.9. The molecule has 2 N–H and O–H groups in total. The summed E-state index contributed by atoms with van der Waals surface area (Å²) in [7, 11) is 3.60. The maximum atomic E-state index is 11.8. The lowest BCUT2D eigenvalue weighted by Gasteiger charge is -2.42. The predicted octanol–water partition coefficient (Wildman–Crippen LogP) is -0.182. The molecule has 0 aromatic heterocycles. The SMILES string of the molecule is CCN1CCN(C(CN)CC(=O)N(C)C)CC1C.